The summed E-state index contributed by atoms with van der Waals surface area (Å²) in [5.74, 6) is 0.199. The van der Waals surface area contributed by atoms with Crippen LogP contribution >= 0.6 is 0 Å². The SMILES string of the molecule is COc1cc(CN2CCN(C3CC4(CCN(c5ccc(C(N)=O)cc5)CC4)C3)C(c3ccccc3C(C)C)C2)cc(C(F)(F)F)c1. The van der Waals surface area contributed by atoms with Gasteiger partial charge >= 0.3 is 6.18 Å². The number of carbonyl (C=O) groups excluding carboxylic acids is 1. The number of primary amides is 1. The van der Waals surface area contributed by atoms with Gasteiger partial charge in [0.15, 0.2) is 0 Å². The Morgan fingerprint density at radius 1 is 0.978 bits per heavy atom. The molecule has 1 aliphatic carbocycles. The summed E-state index contributed by atoms with van der Waals surface area (Å²) in [6, 6.07) is 21.0. The molecule has 2 N–H and O–H groups in total. The molecule has 6 rings (SSSR count). The van der Waals surface area contributed by atoms with E-state index in [-0.39, 0.29) is 11.8 Å². The second-order valence-corrected chi connectivity index (χ2v) is 13.8. The van der Waals surface area contributed by atoms with Gasteiger partial charge in [0, 0.05) is 62.6 Å². The zero-order valence-corrected chi connectivity index (χ0v) is 27.0. The number of amides is 1. The molecule has 246 valence electrons. The monoisotopic (exact) mass is 634 g/mol. The third-order valence-corrected chi connectivity index (χ3v) is 10.6. The Morgan fingerprint density at radius 3 is 2.30 bits per heavy atom. The highest BCUT2D eigenvalue weighted by molar-refractivity contribution is 5.93. The molecule has 3 fully saturated rings. The number of anilines is 1. The number of piperidine rings is 1. The predicted octanol–water partition coefficient (Wildman–Crippen LogP) is 7.24. The molecule has 1 atom stereocenters. The summed E-state index contributed by atoms with van der Waals surface area (Å²) in [6.07, 6.45) is 0.211. The van der Waals surface area contributed by atoms with Gasteiger partial charge in [0.1, 0.15) is 5.75 Å². The van der Waals surface area contributed by atoms with Crippen LogP contribution in [0, 0.1) is 5.41 Å². The van der Waals surface area contributed by atoms with Gasteiger partial charge in [-0.1, -0.05) is 38.1 Å². The van der Waals surface area contributed by atoms with E-state index in [9.17, 15) is 18.0 Å². The van der Waals surface area contributed by atoms with Crippen molar-refractivity contribution in [3.63, 3.8) is 0 Å². The molecule has 2 saturated heterocycles. The van der Waals surface area contributed by atoms with E-state index >= 15 is 0 Å². The highest BCUT2D eigenvalue weighted by atomic mass is 19.4. The molecular formula is C37H45F3N4O2. The first-order valence-electron chi connectivity index (χ1n) is 16.4. The summed E-state index contributed by atoms with van der Waals surface area (Å²) in [4.78, 5) is 18.9. The fourth-order valence-electron chi connectivity index (χ4n) is 8.00. The van der Waals surface area contributed by atoms with Crippen LogP contribution in [0.4, 0.5) is 18.9 Å². The molecule has 6 nitrogen and oxygen atoms in total. The fraction of sp³-hybridized carbons (Fsp3) is 0.486. The molecule has 0 bridgehead atoms. The summed E-state index contributed by atoms with van der Waals surface area (Å²) in [5, 5.41) is 0. The Morgan fingerprint density at radius 2 is 1.67 bits per heavy atom. The maximum Gasteiger partial charge on any atom is 0.416 e. The number of nitrogens with zero attached hydrogens (tertiary/aromatic N) is 3. The smallest absolute Gasteiger partial charge is 0.416 e. The van der Waals surface area contributed by atoms with Crippen molar-refractivity contribution < 1.29 is 22.7 Å². The molecule has 2 aliphatic heterocycles. The Bertz CT molecular complexity index is 1520. The first-order valence-corrected chi connectivity index (χ1v) is 16.4. The Balaban J connectivity index is 1.16. The van der Waals surface area contributed by atoms with Crippen molar-refractivity contribution in [2.24, 2.45) is 11.1 Å². The first-order chi connectivity index (χ1) is 21.9. The lowest BCUT2D eigenvalue weighted by atomic mass is 9.59. The van der Waals surface area contributed by atoms with E-state index in [1.54, 1.807) is 18.2 Å². The molecular weight excluding hydrogens is 589 g/mol. The molecule has 0 radical (unpaired) electrons. The maximum absolute atomic E-state index is 13.7. The van der Waals surface area contributed by atoms with E-state index in [1.165, 1.54) is 37.1 Å². The lowest BCUT2D eigenvalue weighted by Crippen LogP contribution is -2.60. The number of hydrogen-bond donors (Lipinski definition) is 1. The van der Waals surface area contributed by atoms with Crippen molar-refractivity contribution in [3.05, 3.63) is 94.5 Å². The van der Waals surface area contributed by atoms with Crippen LogP contribution in [0.3, 0.4) is 0 Å². The van der Waals surface area contributed by atoms with Gasteiger partial charge in [-0.05, 0) is 96.2 Å². The van der Waals surface area contributed by atoms with Crippen LogP contribution in [0.1, 0.15) is 84.1 Å². The molecule has 3 aromatic rings. The first kappa shape index (κ1) is 32.4. The van der Waals surface area contributed by atoms with Crippen molar-refractivity contribution in [3.8, 4) is 5.75 Å². The number of methoxy groups -OCH3 is 1. The van der Waals surface area contributed by atoms with Crippen LogP contribution in [0.5, 0.6) is 5.75 Å². The van der Waals surface area contributed by atoms with Gasteiger partial charge in [0.05, 0.1) is 12.7 Å². The van der Waals surface area contributed by atoms with Crippen LogP contribution in [0.2, 0.25) is 0 Å². The number of ether oxygens (including phenoxy) is 1. The molecule has 1 spiro atoms. The molecule has 1 saturated carbocycles. The predicted molar refractivity (Wildman–Crippen MR) is 175 cm³/mol. The molecule has 0 aromatic heterocycles. The van der Waals surface area contributed by atoms with Crippen LogP contribution in [-0.4, -0.2) is 61.6 Å². The number of benzene rings is 3. The Hall–Kier alpha value is -3.56. The highest BCUT2D eigenvalue weighted by Gasteiger charge is 2.50. The normalized spacial score (nSPS) is 21.0. The zero-order valence-electron chi connectivity index (χ0n) is 27.0. The average Bonchev–Trinajstić information content (AvgIpc) is 3.03. The standard InChI is InChI=1S/C37H45F3N4O2/c1-25(2)32-6-4-5-7-33(32)34-24-42(23-26-18-28(37(38,39)40)20-31(19-26)46-3)16-17-44(34)30-21-36(22-30)12-14-43(15-13-36)29-10-8-27(9-11-29)35(41)45/h4-11,18-20,25,30,34H,12-17,21-24H2,1-3H3,(H2,41,45). The number of alkyl halides is 3. The topological polar surface area (TPSA) is 62.0 Å². The van der Waals surface area contributed by atoms with Gasteiger partial charge in [-0.2, -0.15) is 13.2 Å². The van der Waals surface area contributed by atoms with Crippen molar-refractivity contribution in [2.75, 3.05) is 44.7 Å². The van der Waals surface area contributed by atoms with E-state index in [1.807, 2.05) is 12.1 Å². The highest BCUT2D eigenvalue weighted by Crippen LogP contribution is 2.53. The molecule has 1 unspecified atom stereocenters. The molecule has 3 aromatic carbocycles. The van der Waals surface area contributed by atoms with Crippen LogP contribution in [0.25, 0.3) is 0 Å². The number of halogens is 3. The maximum atomic E-state index is 13.7. The van der Waals surface area contributed by atoms with Gasteiger partial charge in [-0.3, -0.25) is 14.6 Å². The van der Waals surface area contributed by atoms with Crippen LogP contribution in [0.15, 0.2) is 66.7 Å². The molecule has 46 heavy (non-hydrogen) atoms. The van der Waals surface area contributed by atoms with Gasteiger partial charge in [-0.25, -0.2) is 0 Å². The second-order valence-electron chi connectivity index (χ2n) is 13.8. The number of hydrogen-bond acceptors (Lipinski definition) is 5. The minimum Gasteiger partial charge on any atom is -0.497 e. The third kappa shape index (κ3) is 6.76. The minimum atomic E-state index is -4.42. The van der Waals surface area contributed by atoms with Gasteiger partial charge in [-0.15, -0.1) is 0 Å². The van der Waals surface area contributed by atoms with Crippen molar-refractivity contribution in [2.45, 2.75) is 70.3 Å². The largest absolute Gasteiger partial charge is 0.497 e. The molecule has 3 aliphatic rings. The Kier molecular flexibility index (Phi) is 9.09. The lowest BCUT2D eigenvalue weighted by Gasteiger charge is -2.58. The van der Waals surface area contributed by atoms with E-state index in [0.29, 0.717) is 35.0 Å². The summed E-state index contributed by atoms with van der Waals surface area (Å²) >= 11 is 0. The summed E-state index contributed by atoms with van der Waals surface area (Å²) in [7, 11) is 1.41. The summed E-state index contributed by atoms with van der Waals surface area (Å²) < 4.78 is 46.2. The van der Waals surface area contributed by atoms with E-state index in [2.05, 4.69) is 52.8 Å². The molecule has 9 heteroatoms. The van der Waals surface area contributed by atoms with E-state index < -0.39 is 17.6 Å². The molecule has 1 amide bonds. The summed E-state index contributed by atoms with van der Waals surface area (Å²) in [6.45, 7) is 9.34. The Labute approximate surface area is 270 Å². The van der Waals surface area contributed by atoms with Gasteiger partial charge in [0.2, 0.25) is 5.91 Å². The van der Waals surface area contributed by atoms with Crippen molar-refractivity contribution >= 4 is 11.6 Å². The summed E-state index contributed by atoms with van der Waals surface area (Å²) in [5.41, 5.74) is 10.1. The minimum absolute atomic E-state index is 0.172. The fourth-order valence-corrected chi connectivity index (χ4v) is 8.00. The van der Waals surface area contributed by atoms with Gasteiger partial charge in [0.25, 0.3) is 0 Å². The van der Waals surface area contributed by atoms with Crippen LogP contribution < -0.4 is 15.4 Å². The number of nitrogens with two attached hydrogens (primary N) is 1. The zero-order chi connectivity index (χ0) is 32.6. The van der Waals surface area contributed by atoms with Crippen molar-refractivity contribution in [1.82, 2.24) is 9.80 Å². The third-order valence-electron chi connectivity index (χ3n) is 10.6. The second kappa shape index (κ2) is 12.9. The molecule has 2 heterocycles. The van der Waals surface area contributed by atoms with E-state index in [0.717, 1.165) is 57.3 Å². The van der Waals surface area contributed by atoms with Crippen LogP contribution in [-0.2, 0) is 12.7 Å². The number of piperazine rings is 1. The average molecular weight is 635 g/mol. The number of carbonyl (C=O) groups is 1. The van der Waals surface area contributed by atoms with Gasteiger partial charge < -0.3 is 15.4 Å². The quantitative estimate of drug-likeness (QED) is 0.283. The van der Waals surface area contributed by atoms with Crippen molar-refractivity contribution in [1.29, 1.82) is 0 Å². The lowest BCUT2D eigenvalue weighted by molar-refractivity contribution is -0.137. The number of rotatable bonds is 8. The van der Waals surface area contributed by atoms with E-state index in [4.69, 9.17) is 10.5 Å².